The van der Waals surface area contributed by atoms with Gasteiger partial charge >= 0.3 is 11.9 Å². The van der Waals surface area contributed by atoms with Gasteiger partial charge in [0.15, 0.2) is 23.2 Å². The molecule has 1 aromatic heterocycles. The van der Waals surface area contributed by atoms with E-state index in [-0.39, 0.29) is 29.8 Å². The van der Waals surface area contributed by atoms with Gasteiger partial charge in [-0.1, -0.05) is 23.7 Å². The highest BCUT2D eigenvalue weighted by molar-refractivity contribution is 6.04. The van der Waals surface area contributed by atoms with Crippen LogP contribution < -0.4 is 22.1 Å². The van der Waals surface area contributed by atoms with Crippen molar-refractivity contribution in [1.29, 1.82) is 0 Å². The predicted molar refractivity (Wildman–Crippen MR) is 110 cm³/mol. The van der Waals surface area contributed by atoms with E-state index in [4.69, 9.17) is 0 Å². The maximum absolute atomic E-state index is 12.9. The lowest BCUT2D eigenvalue weighted by molar-refractivity contribution is -0.541. The molecule has 0 unspecified atom stereocenters. The molecule has 0 radical (unpaired) electrons. The van der Waals surface area contributed by atoms with Crippen LogP contribution in [-0.2, 0) is 25.8 Å². The summed E-state index contributed by atoms with van der Waals surface area (Å²) in [6.07, 6.45) is -0.740. The fourth-order valence-electron chi connectivity index (χ4n) is 3.55. The third kappa shape index (κ3) is 3.85. The molecule has 0 bridgehead atoms. The Labute approximate surface area is 179 Å². The fraction of sp³-hybridized carbons (Fsp3) is 0.333. The Morgan fingerprint density at radius 3 is 2.56 bits per heavy atom. The van der Waals surface area contributed by atoms with Gasteiger partial charge in [0.1, 0.15) is 11.8 Å². The number of allylic oxidation sites excluding steroid dienone is 1. The second kappa shape index (κ2) is 8.13. The second-order valence-electron chi connectivity index (χ2n) is 7.33. The normalized spacial score (nSPS) is 17.2. The number of rotatable bonds is 5. The molecule has 1 aromatic carbocycles. The van der Waals surface area contributed by atoms with Gasteiger partial charge in [-0.25, -0.2) is 14.8 Å². The van der Waals surface area contributed by atoms with E-state index < -0.39 is 23.0 Å². The van der Waals surface area contributed by atoms with Gasteiger partial charge in [0.25, 0.3) is 5.56 Å². The fourth-order valence-corrected chi connectivity index (χ4v) is 3.55. The highest BCUT2D eigenvalue weighted by Crippen LogP contribution is 2.29. The van der Waals surface area contributed by atoms with Crippen molar-refractivity contribution in [2.75, 3.05) is 0 Å². The minimum atomic E-state index is -4.42. The van der Waals surface area contributed by atoms with E-state index in [1.165, 1.54) is 21.5 Å². The van der Waals surface area contributed by atoms with Crippen molar-refractivity contribution in [3.05, 3.63) is 78.5 Å². The summed E-state index contributed by atoms with van der Waals surface area (Å²) in [7, 11) is 0. The van der Waals surface area contributed by atoms with Crippen LogP contribution in [0, 0.1) is 0 Å². The van der Waals surface area contributed by atoms with Crippen molar-refractivity contribution in [2.45, 2.75) is 46.1 Å². The quantitative estimate of drug-likeness (QED) is 0.648. The Balaban J connectivity index is 1.73. The number of alkyl halides is 3. The Kier molecular flexibility index (Phi) is 5.49. The molecule has 8 nitrogen and oxygen atoms in total. The molecular formula is C21H20F3N6O2+. The van der Waals surface area contributed by atoms with Crippen LogP contribution in [0.15, 0.2) is 60.3 Å². The van der Waals surface area contributed by atoms with Gasteiger partial charge in [-0.2, -0.15) is 13.2 Å². The van der Waals surface area contributed by atoms with E-state index in [9.17, 15) is 22.8 Å². The van der Waals surface area contributed by atoms with E-state index in [1.807, 2.05) is 6.92 Å². The van der Waals surface area contributed by atoms with Gasteiger partial charge in [0.2, 0.25) is 6.21 Å². The lowest BCUT2D eigenvalue weighted by Gasteiger charge is -2.06. The number of hydrazone groups is 1. The van der Waals surface area contributed by atoms with Gasteiger partial charge in [-0.05, 0) is 30.6 Å². The first-order valence-corrected chi connectivity index (χ1v) is 10.1. The number of benzene rings is 1. The third-order valence-corrected chi connectivity index (χ3v) is 5.06. The van der Waals surface area contributed by atoms with Crippen LogP contribution in [0.1, 0.15) is 31.4 Å². The van der Waals surface area contributed by atoms with E-state index in [2.05, 4.69) is 15.1 Å². The van der Waals surface area contributed by atoms with Crippen LogP contribution in [0.4, 0.5) is 13.2 Å². The van der Waals surface area contributed by atoms with Crippen LogP contribution in [-0.4, -0.2) is 26.2 Å². The summed E-state index contributed by atoms with van der Waals surface area (Å²) in [6, 6.07) is 5.02. The predicted octanol–water partition coefficient (Wildman–Crippen LogP) is 1.21. The number of nitrogens with zero attached hydrogens (tertiary/aromatic N) is 6. The maximum Gasteiger partial charge on any atom is 0.416 e. The van der Waals surface area contributed by atoms with Gasteiger partial charge in [0, 0.05) is 18.7 Å². The molecule has 3 heterocycles. The van der Waals surface area contributed by atoms with E-state index in [0.29, 0.717) is 24.1 Å². The molecule has 2 aromatic rings. The Morgan fingerprint density at radius 1 is 1.09 bits per heavy atom. The zero-order valence-electron chi connectivity index (χ0n) is 17.4. The average Bonchev–Trinajstić information content (AvgIpc) is 3.39. The number of halogens is 3. The van der Waals surface area contributed by atoms with Crippen LogP contribution in [0.5, 0.6) is 0 Å². The summed E-state index contributed by atoms with van der Waals surface area (Å²) in [5, 5.41) is 4.28. The first-order chi connectivity index (χ1) is 15.2. The minimum Gasteiger partial charge on any atom is -0.276 e. The van der Waals surface area contributed by atoms with Crippen LogP contribution in [0.25, 0.3) is 0 Å². The molecule has 0 aliphatic carbocycles. The molecule has 0 saturated heterocycles. The van der Waals surface area contributed by atoms with Gasteiger partial charge < -0.3 is 0 Å². The number of hydrogen-bond acceptors (Lipinski definition) is 5. The molecule has 0 amide bonds. The monoisotopic (exact) mass is 445 g/mol. The van der Waals surface area contributed by atoms with Crippen LogP contribution in [0.2, 0.25) is 0 Å². The number of hydrogen-bond donors (Lipinski definition) is 0. The lowest BCUT2D eigenvalue weighted by Crippen LogP contribution is -2.57. The molecule has 0 saturated carbocycles. The average molecular weight is 445 g/mol. The van der Waals surface area contributed by atoms with Crippen LogP contribution >= 0.6 is 0 Å². The summed E-state index contributed by atoms with van der Waals surface area (Å²) in [4.78, 5) is 34.1. The summed E-state index contributed by atoms with van der Waals surface area (Å²) in [5.74, 6) is 0.225. The summed E-state index contributed by atoms with van der Waals surface area (Å²) < 4.78 is 42.8. The van der Waals surface area contributed by atoms with E-state index in [0.717, 1.165) is 16.7 Å². The number of fused-ring (bicyclic) bond motifs is 1. The molecule has 166 valence electrons. The SMILES string of the molecule is CCCn1c(=O)c2c(n(CC)c1=O)=NC(=C1C=N[N+](Cc3cccc(C(F)(F)F)c3)=C1)N=2. The topological polar surface area (TPSA) is 84.1 Å². The van der Waals surface area contributed by atoms with E-state index >= 15 is 0 Å². The molecule has 0 N–H and O–H groups in total. The van der Waals surface area contributed by atoms with Crippen LogP contribution in [0.3, 0.4) is 0 Å². The zero-order chi connectivity index (χ0) is 23.0. The van der Waals surface area contributed by atoms with Gasteiger partial charge in [0.05, 0.1) is 5.56 Å². The molecule has 11 heteroatoms. The molecule has 0 spiro atoms. The smallest absolute Gasteiger partial charge is 0.276 e. The Hall–Kier alpha value is -3.63. The highest BCUT2D eigenvalue weighted by atomic mass is 19.4. The molecule has 0 fully saturated rings. The van der Waals surface area contributed by atoms with Crippen molar-refractivity contribution >= 4 is 12.4 Å². The van der Waals surface area contributed by atoms with Crippen molar-refractivity contribution in [2.24, 2.45) is 15.1 Å². The molecule has 32 heavy (non-hydrogen) atoms. The Bertz CT molecular complexity index is 1430. The summed E-state index contributed by atoms with van der Waals surface area (Å²) in [6.45, 7) is 4.38. The van der Waals surface area contributed by atoms with Crippen molar-refractivity contribution in [3.8, 4) is 0 Å². The first-order valence-electron chi connectivity index (χ1n) is 10.1. The standard InChI is InChI=1S/C21H20F3N6O2/c1-3-8-30-19(31)16-18(29(4-2)20(30)32)27-17(26-16)14-10-25-28(12-14)11-13-6-5-7-15(9-13)21(22,23)24/h5-7,9-10,12H,3-4,8,11H2,1-2H3/q+1. The minimum absolute atomic E-state index is 0.0977. The third-order valence-electron chi connectivity index (χ3n) is 5.06. The molecule has 2 aliphatic heterocycles. The highest BCUT2D eigenvalue weighted by Gasteiger charge is 2.31. The molecular weight excluding hydrogens is 425 g/mol. The molecule has 0 atom stereocenters. The van der Waals surface area contributed by atoms with Crippen molar-refractivity contribution in [3.63, 3.8) is 0 Å². The summed E-state index contributed by atoms with van der Waals surface area (Å²) >= 11 is 0. The van der Waals surface area contributed by atoms with E-state index in [1.54, 1.807) is 19.2 Å². The van der Waals surface area contributed by atoms with Crippen molar-refractivity contribution < 1.29 is 17.9 Å². The first kappa shape index (κ1) is 21.6. The maximum atomic E-state index is 12.9. The number of aromatic nitrogens is 2. The largest absolute Gasteiger partial charge is 0.416 e. The summed E-state index contributed by atoms with van der Waals surface area (Å²) in [5.41, 5.74) is -0.523. The zero-order valence-corrected chi connectivity index (χ0v) is 17.4. The molecule has 4 rings (SSSR count). The lowest BCUT2D eigenvalue weighted by atomic mass is 10.1. The Morgan fingerprint density at radius 2 is 1.88 bits per heavy atom. The van der Waals surface area contributed by atoms with Gasteiger partial charge in [-0.3, -0.25) is 13.9 Å². The second-order valence-corrected chi connectivity index (χ2v) is 7.33. The van der Waals surface area contributed by atoms with Crippen molar-refractivity contribution in [1.82, 2.24) is 9.13 Å². The molecule has 2 aliphatic rings. The van der Waals surface area contributed by atoms with Gasteiger partial charge in [-0.15, -0.1) is 0 Å².